The van der Waals surface area contributed by atoms with Crippen LogP contribution in [0.1, 0.15) is 37.6 Å². The number of halogens is 3. The Balaban J connectivity index is 2.18. The first kappa shape index (κ1) is 17.6. The summed E-state index contributed by atoms with van der Waals surface area (Å²) in [5.41, 5.74) is 1.83. The molecule has 2 aromatic rings. The number of benzene rings is 1. The minimum absolute atomic E-state index is 0.189. The Bertz CT molecular complexity index is 788. The number of aromatic nitrogens is 3. The van der Waals surface area contributed by atoms with Gasteiger partial charge in [-0.2, -0.15) is 28.4 Å². The van der Waals surface area contributed by atoms with Crippen LogP contribution in [0.25, 0.3) is 0 Å². The quantitative estimate of drug-likeness (QED) is 0.665. The predicted octanol–water partition coefficient (Wildman–Crippen LogP) is 2.93. The Labute approximate surface area is 135 Å². The summed E-state index contributed by atoms with van der Waals surface area (Å²) < 4.78 is 37.5. The van der Waals surface area contributed by atoms with Crippen LogP contribution >= 0.6 is 0 Å². The van der Waals surface area contributed by atoms with Crippen LogP contribution in [-0.2, 0) is 11.6 Å². The third kappa shape index (κ3) is 4.40. The molecule has 2 rings (SSSR count). The molecule has 9 heteroatoms. The molecule has 0 aliphatic rings. The first-order valence-corrected chi connectivity index (χ1v) is 7.01. The molecule has 0 saturated heterocycles. The highest BCUT2D eigenvalue weighted by Gasteiger charge is 2.29. The van der Waals surface area contributed by atoms with Gasteiger partial charge in [0.05, 0.1) is 11.8 Å². The van der Waals surface area contributed by atoms with Crippen molar-refractivity contribution in [3.8, 4) is 0 Å². The van der Waals surface area contributed by atoms with Crippen molar-refractivity contribution in [3.05, 3.63) is 51.6 Å². The number of hydrazone groups is 1. The summed E-state index contributed by atoms with van der Waals surface area (Å²) in [7, 11) is 0. The van der Waals surface area contributed by atoms with E-state index in [4.69, 9.17) is 0 Å². The average molecular weight is 339 g/mol. The molecule has 0 aliphatic carbocycles. The van der Waals surface area contributed by atoms with E-state index in [2.05, 4.69) is 25.7 Å². The van der Waals surface area contributed by atoms with Crippen molar-refractivity contribution in [1.29, 1.82) is 0 Å². The molecular weight excluding hydrogens is 323 g/mol. The van der Waals surface area contributed by atoms with E-state index in [1.54, 1.807) is 0 Å². The van der Waals surface area contributed by atoms with Gasteiger partial charge >= 0.3 is 11.9 Å². The van der Waals surface area contributed by atoms with Crippen LogP contribution in [0.4, 0.5) is 19.0 Å². The lowest BCUT2D eigenvalue weighted by molar-refractivity contribution is -0.137. The molecule has 0 saturated carbocycles. The SMILES string of the molecule is CC(C)(C)c1n[nH]c(=O)nc1N/N=C/c1ccc(C(F)(F)F)cc1. The summed E-state index contributed by atoms with van der Waals surface area (Å²) in [6.07, 6.45) is -3.05. The number of hydrogen-bond acceptors (Lipinski definition) is 5. The maximum absolute atomic E-state index is 12.5. The van der Waals surface area contributed by atoms with Crippen LogP contribution in [0.5, 0.6) is 0 Å². The van der Waals surface area contributed by atoms with E-state index >= 15 is 0 Å². The fourth-order valence-corrected chi connectivity index (χ4v) is 1.86. The van der Waals surface area contributed by atoms with Crippen molar-refractivity contribution in [3.63, 3.8) is 0 Å². The van der Waals surface area contributed by atoms with Gasteiger partial charge in [-0.05, 0) is 17.7 Å². The summed E-state index contributed by atoms with van der Waals surface area (Å²) in [5, 5.41) is 10.1. The molecule has 24 heavy (non-hydrogen) atoms. The average Bonchev–Trinajstić information content (AvgIpc) is 2.45. The zero-order valence-electron chi connectivity index (χ0n) is 13.3. The number of nitrogens with one attached hydrogen (secondary N) is 2. The molecule has 0 atom stereocenters. The number of nitrogens with zero attached hydrogens (tertiary/aromatic N) is 3. The summed E-state index contributed by atoms with van der Waals surface area (Å²) in [4.78, 5) is 15.1. The standard InChI is InChI=1S/C15H16F3N5O/c1-14(2,3)11-12(20-13(24)23-21-11)22-19-8-9-4-6-10(7-5-9)15(16,17)18/h4-8H,1-3H3,(H2,20,22,23,24)/b19-8+. The van der Waals surface area contributed by atoms with Gasteiger partial charge in [-0.15, -0.1) is 0 Å². The number of rotatable bonds is 3. The molecule has 128 valence electrons. The number of anilines is 1. The first-order chi connectivity index (χ1) is 11.1. The third-order valence-electron chi connectivity index (χ3n) is 3.03. The lowest BCUT2D eigenvalue weighted by Crippen LogP contribution is -2.24. The molecule has 0 amide bonds. The molecule has 1 aromatic heterocycles. The number of alkyl halides is 3. The molecule has 0 bridgehead atoms. The van der Waals surface area contributed by atoms with Crippen LogP contribution in [0, 0.1) is 0 Å². The lowest BCUT2D eigenvalue weighted by Gasteiger charge is -2.18. The highest BCUT2D eigenvalue weighted by Crippen LogP contribution is 2.29. The minimum Gasteiger partial charge on any atom is -0.260 e. The fraction of sp³-hybridized carbons (Fsp3) is 0.333. The lowest BCUT2D eigenvalue weighted by atomic mass is 9.92. The Morgan fingerprint density at radius 2 is 1.79 bits per heavy atom. The van der Waals surface area contributed by atoms with Crippen LogP contribution in [0.3, 0.4) is 0 Å². The Kier molecular flexibility index (Phi) is 4.72. The summed E-state index contributed by atoms with van der Waals surface area (Å²) in [6, 6.07) is 4.52. The zero-order chi connectivity index (χ0) is 18.0. The second-order valence-corrected chi connectivity index (χ2v) is 6.08. The Morgan fingerprint density at radius 3 is 2.33 bits per heavy atom. The molecule has 6 nitrogen and oxygen atoms in total. The van der Waals surface area contributed by atoms with Crippen molar-refractivity contribution in [2.45, 2.75) is 32.4 Å². The smallest absolute Gasteiger partial charge is 0.260 e. The van der Waals surface area contributed by atoms with Gasteiger partial charge in [0, 0.05) is 5.41 Å². The first-order valence-electron chi connectivity index (χ1n) is 7.01. The van der Waals surface area contributed by atoms with Crippen LogP contribution < -0.4 is 11.1 Å². The van der Waals surface area contributed by atoms with Gasteiger partial charge in [-0.3, -0.25) is 5.43 Å². The molecule has 2 N–H and O–H groups in total. The molecular formula is C15H16F3N5O. The van der Waals surface area contributed by atoms with Gasteiger partial charge < -0.3 is 0 Å². The number of hydrogen-bond donors (Lipinski definition) is 2. The molecule has 0 unspecified atom stereocenters. The van der Waals surface area contributed by atoms with Crippen molar-refractivity contribution in [2.75, 3.05) is 5.43 Å². The number of H-pyrrole nitrogens is 1. The second-order valence-electron chi connectivity index (χ2n) is 6.08. The normalized spacial score (nSPS) is 12.6. The highest BCUT2D eigenvalue weighted by atomic mass is 19.4. The summed E-state index contributed by atoms with van der Waals surface area (Å²) in [6.45, 7) is 5.67. The van der Waals surface area contributed by atoms with Crippen LogP contribution in [-0.4, -0.2) is 21.4 Å². The van der Waals surface area contributed by atoms with Crippen molar-refractivity contribution < 1.29 is 13.2 Å². The molecule has 0 fully saturated rings. The monoisotopic (exact) mass is 339 g/mol. The third-order valence-corrected chi connectivity index (χ3v) is 3.03. The molecule has 1 heterocycles. The van der Waals surface area contributed by atoms with E-state index in [-0.39, 0.29) is 11.2 Å². The van der Waals surface area contributed by atoms with Crippen LogP contribution in [0.2, 0.25) is 0 Å². The minimum atomic E-state index is -4.38. The maximum atomic E-state index is 12.5. The van der Waals surface area contributed by atoms with E-state index in [9.17, 15) is 18.0 Å². The van der Waals surface area contributed by atoms with Crippen LogP contribution in [0.15, 0.2) is 34.2 Å². The number of aromatic amines is 1. The molecule has 0 spiro atoms. The summed E-state index contributed by atoms with van der Waals surface area (Å²) in [5.74, 6) is 0.189. The van der Waals surface area contributed by atoms with Gasteiger partial charge in [-0.25, -0.2) is 9.89 Å². The van der Waals surface area contributed by atoms with E-state index in [1.807, 2.05) is 20.8 Å². The van der Waals surface area contributed by atoms with E-state index in [0.29, 0.717) is 11.3 Å². The van der Waals surface area contributed by atoms with Gasteiger partial charge in [0.25, 0.3) is 0 Å². The maximum Gasteiger partial charge on any atom is 0.416 e. The molecule has 0 radical (unpaired) electrons. The van der Waals surface area contributed by atoms with Crippen molar-refractivity contribution in [1.82, 2.24) is 15.2 Å². The van der Waals surface area contributed by atoms with Crippen molar-refractivity contribution in [2.24, 2.45) is 5.10 Å². The Morgan fingerprint density at radius 1 is 1.17 bits per heavy atom. The van der Waals surface area contributed by atoms with Gasteiger partial charge in [0.15, 0.2) is 5.82 Å². The molecule has 1 aromatic carbocycles. The predicted molar refractivity (Wildman–Crippen MR) is 84.0 cm³/mol. The van der Waals surface area contributed by atoms with Crippen molar-refractivity contribution >= 4 is 12.0 Å². The molecule has 0 aliphatic heterocycles. The van der Waals surface area contributed by atoms with E-state index < -0.39 is 17.4 Å². The highest BCUT2D eigenvalue weighted by molar-refractivity contribution is 5.80. The topological polar surface area (TPSA) is 83.0 Å². The van der Waals surface area contributed by atoms with E-state index in [1.165, 1.54) is 18.3 Å². The van der Waals surface area contributed by atoms with E-state index in [0.717, 1.165) is 12.1 Å². The van der Waals surface area contributed by atoms with Gasteiger partial charge in [0.2, 0.25) is 0 Å². The second kappa shape index (κ2) is 6.42. The van der Waals surface area contributed by atoms with Gasteiger partial charge in [-0.1, -0.05) is 32.9 Å². The fourth-order valence-electron chi connectivity index (χ4n) is 1.86. The Hall–Kier alpha value is -2.71. The summed E-state index contributed by atoms with van der Waals surface area (Å²) >= 11 is 0. The largest absolute Gasteiger partial charge is 0.416 e. The zero-order valence-corrected chi connectivity index (χ0v) is 13.3. The van der Waals surface area contributed by atoms with Gasteiger partial charge in [0.1, 0.15) is 5.69 Å².